The van der Waals surface area contributed by atoms with E-state index in [2.05, 4.69) is 25.7 Å². The molecular weight excluding hydrogens is 498 g/mol. The van der Waals surface area contributed by atoms with Crippen LogP contribution in [0.2, 0.25) is 0 Å². The molecular formula is C19H25F3IN5O. The van der Waals surface area contributed by atoms with Gasteiger partial charge in [0.25, 0.3) is 0 Å². The van der Waals surface area contributed by atoms with Crippen molar-refractivity contribution >= 4 is 29.9 Å². The summed E-state index contributed by atoms with van der Waals surface area (Å²) in [5, 5.41) is 10.5. The number of aliphatic imine (C=N–C) groups is 1. The first-order chi connectivity index (χ1) is 13.4. The second kappa shape index (κ2) is 10.8. The Hall–Kier alpha value is -1.82. The lowest BCUT2D eigenvalue weighted by Crippen LogP contribution is -2.44. The monoisotopic (exact) mass is 523 g/mol. The fourth-order valence-corrected chi connectivity index (χ4v) is 3.14. The van der Waals surface area contributed by atoms with Gasteiger partial charge in [0.05, 0.1) is 12.1 Å². The van der Waals surface area contributed by atoms with Crippen LogP contribution in [0.5, 0.6) is 0 Å². The van der Waals surface area contributed by atoms with Crippen molar-refractivity contribution in [1.82, 2.24) is 20.7 Å². The first-order valence-electron chi connectivity index (χ1n) is 9.26. The number of rotatable bonds is 6. The molecule has 0 bridgehead atoms. The maximum absolute atomic E-state index is 12.7. The SMILES string of the molecule is CCNC(=NCc1ccon1)NC1CCN(Cc2ccc(C(F)(F)F)cc2)C1.I. The van der Waals surface area contributed by atoms with Gasteiger partial charge in [-0.15, -0.1) is 24.0 Å². The van der Waals surface area contributed by atoms with Crippen LogP contribution < -0.4 is 10.6 Å². The van der Waals surface area contributed by atoms with Crippen LogP contribution in [0.15, 0.2) is 46.1 Å². The highest BCUT2D eigenvalue weighted by molar-refractivity contribution is 14.0. The minimum absolute atomic E-state index is 0. The second-order valence-corrected chi connectivity index (χ2v) is 6.75. The average molecular weight is 523 g/mol. The van der Waals surface area contributed by atoms with Gasteiger partial charge in [0.15, 0.2) is 5.96 Å². The molecule has 0 amide bonds. The van der Waals surface area contributed by atoms with Crippen LogP contribution in [0.4, 0.5) is 13.2 Å². The molecule has 160 valence electrons. The van der Waals surface area contributed by atoms with Gasteiger partial charge in [0.2, 0.25) is 0 Å². The summed E-state index contributed by atoms with van der Waals surface area (Å²) in [7, 11) is 0. The molecule has 1 unspecified atom stereocenters. The molecule has 10 heteroatoms. The molecule has 1 fully saturated rings. The Morgan fingerprint density at radius 2 is 2.03 bits per heavy atom. The lowest BCUT2D eigenvalue weighted by molar-refractivity contribution is -0.137. The molecule has 0 spiro atoms. The van der Waals surface area contributed by atoms with E-state index < -0.39 is 11.7 Å². The maximum Gasteiger partial charge on any atom is 0.416 e. The summed E-state index contributed by atoms with van der Waals surface area (Å²) in [6.07, 6.45) is -1.84. The smallest absolute Gasteiger partial charge is 0.364 e. The Morgan fingerprint density at radius 1 is 1.28 bits per heavy atom. The van der Waals surface area contributed by atoms with Gasteiger partial charge in [-0.3, -0.25) is 4.90 Å². The number of benzene rings is 1. The first-order valence-corrected chi connectivity index (χ1v) is 9.26. The van der Waals surface area contributed by atoms with Crippen LogP contribution in [0, 0.1) is 0 Å². The van der Waals surface area contributed by atoms with E-state index >= 15 is 0 Å². The summed E-state index contributed by atoms with van der Waals surface area (Å²) in [4.78, 5) is 6.73. The van der Waals surface area contributed by atoms with Crippen molar-refractivity contribution in [3.05, 3.63) is 53.4 Å². The lowest BCUT2D eigenvalue weighted by Gasteiger charge is -2.19. The zero-order chi connectivity index (χ0) is 20.0. The predicted molar refractivity (Wildman–Crippen MR) is 115 cm³/mol. The van der Waals surface area contributed by atoms with E-state index in [9.17, 15) is 13.2 Å². The first kappa shape index (κ1) is 23.5. The van der Waals surface area contributed by atoms with E-state index in [1.807, 2.05) is 6.92 Å². The molecule has 1 aromatic carbocycles. The van der Waals surface area contributed by atoms with Crippen molar-refractivity contribution in [1.29, 1.82) is 0 Å². The molecule has 0 radical (unpaired) electrons. The molecule has 1 aliphatic heterocycles. The maximum atomic E-state index is 12.7. The van der Waals surface area contributed by atoms with Crippen molar-refractivity contribution in [3.8, 4) is 0 Å². The van der Waals surface area contributed by atoms with Crippen LogP contribution in [0.1, 0.15) is 30.2 Å². The largest absolute Gasteiger partial charge is 0.416 e. The van der Waals surface area contributed by atoms with Crippen molar-refractivity contribution in [3.63, 3.8) is 0 Å². The third-order valence-electron chi connectivity index (χ3n) is 4.54. The van der Waals surface area contributed by atoms with E-state index in [4.69, 9.17) is 4.52 Å². The van der Waals surface area contributed by atoms with Gasteiger partial charge in [-0.1, -0.05) is 17.3 Å². The molecule has 1 aliphatic rings. The summed E-state index contributed by atoms with van der Waals surface area (Å²) >= 11 is 0. The van der Waals surface area contributed by atoms with Crippen molar-refractivity contribution < 1.29 is 17.7 Å². The van der Waals surface area contributed by atoms with Crippen LogP contribution in [-0.4, -0.2) is 41.7 Å². The van der Waals surface area contributed by atoms with Gasteiger partial charge in [-0.05, 0) is 31.0 Å². The summed E-state index contributed by atoms with van der Waals surface area (Å²) in [6, 6.07) is 7.38. The highest BCUT2D eigenvalue weighted by Gasteiger charge is 2.30. The highest BCUT2D eigenvalue weighted by atomic mass is 127. The summed E-state index contributed by atoms with van der Waals surface area (Å²) in [5.74, 6) is 0.715. The fraction of sp³-hybridized carbons (Fsp3) is 0.474. The van der Waals surface area contributed by atoms with E-state index in [1.54, 1.807) is 18.2 Å². The normalized spacial score (nSPS) is 17.8. The van der Waals surface area contributed by atoms with Crippen molar-refractivity contribution in [2.45, 2.75) is 38.7 Å². The standard InChI is InChI=1S/C19H24F3N5O.HI/c1-2-23-18(24-11-16-8-10-28-26-16)25-17-7-9-27(13-17)12-14-3-5-15(6-4-14)19(20,21)22;/h3-6,8,10,17H,2,7,9,11-13H2,1H3,(H2,23,24,25);1H. The number of guanidine groups is 1. The number of halogens is 4. The molecule has 2 aromatic rings. The lowest BCUT2D eigenvalue weighted by atomic mass is 10.1. The summed E-state index contributed by atoms with van der Waals surface area (Å²) in [6.45, 7) is 5.47. The molecule has 0 aliphatic carbocycles. The quantitative estimate of drug-likeness (QED) is 0.344. The molecule has 0 saturated carbocycles. The van der Waals surface area contributed by atoms with Crippen molar-refractivity contribution in [2.75, 3.05) is 19.6 Å². The van der Waals surface area contributed by atoms with E-state index in [1.165, 1.54) is 6.26 Å². The number of likely N-dealkylation sites (tertiary alicyclic amines) is 1. The van der Waals surface area contributed by atoms with Crippen LogP contribution in [0.25, 0.3) is 0 Å². The highest BCUT2D eigenvalue weighted by Crippen LogP contribution is 2.29. The molecule has 6 nitrogen and oxygen atoms in total. The number of hydrogen-bond acceptors (Lipinski definition) is 4. The van der Waals surface area contributed by atoms with Gasteiger partial charge in [0.1, 0.15) is 12.0 Å². The van der Waals surface area contributed by atoms with Gasteiger partial charge < -0.3 is 15.2 Å². The molecule has 29 heavy (non-hydrogen) atoms. The summed E-state index contributed by atoms with van der Waals surface area (Å²) in [5.41, 5.74) is 1.02. The number of nitrogens with zero attached hydrogens (tertiary/aromatic N) is 3. The summed E-state index contributed by atoms with van der Waals surface area (Å²) < 4.78 is 42.8. The minimum Gasteiger partial charge on any atom is -0.364 e. The number of hydrogen-bond donors (Lipinski definition) is 2. The third kappa shape index (κ3) is 7.18. The molecule has 1 saturated heterocycles. The van der Waals surface area contributed by atoms with E-state index in [0.29, 0.717) is 19.0 Å². The number of alkyl halides is 3. The van der Waals surface area contributed by atoms with Crippen LogP contribution in [-0.2, 0) is 19.3 Å². The average Bonchev–Trinajstić information content (AvgIpc) is 3.32. The Kier molecular flexibility index (Phi) is 8.75. The van der Waals surface area contributed by atoms with Crippen molar-refractivity contribution in [2.24, 2.45) is 4.99 Å². The van der Waals surface area contributed by atoms with Crippen LogP contribution >= 0.6 is 24.0 Å². The van der Waals surface area contributed by atoms with Gasteiger partial charge in [-0.2, -0.15) is 13.2 Å². The molecule has 1 atom stereocenters. The Balaban J connectivity index is 0.00000300. The Labute approximate surface area is 184 Å². The Morgan fingerprint density at radius 3 is 2.66 bits per heavy atom. The van der Waals surface area contributed by atoms with Gasteiger partial charge >= 0.3 is 6.18 Å². The Bertz CT molecular complexity index is 765. The van der Waals surface area contributed by atoms with Gasteiger partial charge in [-0.25, -0.2) is 4.99 Å². The third-order valence-corrected chi connectivity index (χ3v) is 4.54. The van der Waals surface area contributed by atoms with Gasteiger partial charge in [0, 0.05) is 38.3 Å². The second-order valence-electron chi connectivity index (χ2n) is 6.75. The van der Waals surface area contributed by atoms with E-state index in [0.717, 1.165) is 49.4 Å². The minimum atomic E-state index is -4.30. The molecule has 2 N–H and O–H groups in total. The number of nitrogens with one attached hydrogen (secondary N) is 2. The molecule has 1 aromatic heterocycles. The number of aromatic nitrogens is 1. The topological polar surface area (TPSA) is 65.7 Å². The zero-order valence-electron chi connectivity index (χ0n) is 16.1. The van der Waals surface area contributed by atoms with Crippen LogP contribution in [0.3, 0.4) is 0 Å². The fourth-order valence-electron chi connectivity index (χ4n) is 3.14. The molecule has 3 rings (SSSR count). The van der Waals surface area contributed by atoms with E-state index in [-0.39, 0.29) is 30.0 Å². The molecule has 2 heterocycles. The zero-order valence-corrected chi connectivity index (χ0v) is 18.4. The predicted octanol–water partition coefficient (Wildman–Crippen LogP) is 3.64.